The molecule has 0 amide bonds. The van der Waals surface area contributed by atoms with Gasteiger partial charge in [-0.05, 0) is 42.5 Å². The van der Waals surface area contributed by atoms with Crippen LogP contribution in [0.5, 0.6) is 0 Å². The second kappa shape index (κ2) is 4.15. The van der Waals surface area contributed by atoms with Gasteiger partial charge in [0.05, 0.1) is 6.10 Å². The van der Waals surface area contributed by atoms with E-state index in [0.717, 1.165) is 37.2 Å². The van der Waals surface area contributed by atoms with E-state index in [1.54, 1.807) is 6.07 Å². The number of hydrogen-bond donors (Lipinski definition) is 1. The minimum atomic E-state index is -0.374. The summed E-state index contributed by atoms with van der Waals surface area (Å²) in [4.78, 5) is 2.22. The third kappa shape index (κ3) is 1.95. The number of halogens is 1. The normalized spacial score (nSPS) is 30.0. The Labute approximate surface area is 100 Å². The van der Waals surface area contributed by atoms with E-state index in [1.807, 2.05) is 12.1 Å². The number of aliphatic hydroxyl groups excluding tert-OH is 1. The molecule has 3 heteroatoms. The minimum Gasteiger partial charge on any atom is -0.387 e. The third-order valence-electron chi connectivity index (χ3n) is 3.82. The first kappa shape index (κ1) is 10.8. The van der Waals surface area contributed by atoms with Gasteiger partial charge in [-0.3, -0.25) is 0 Å². The van der Waals surface area contributed by atoms with Crippen LogP contribution in [0.25, 0.3) is 6.08 Å². The van der Waals surface area contributed by atoms with Gasteiger partial charge in [-0.15, -0.1) is 0 Å². The van der Waals surface area contributed by atoms with E-state index in [2.05, 4.69) is 4.90 Å². The van der Waals surface area contributed by atoms with Crippen molar-refractivity contribution in [1.82, 2.24) is 4.90 Å². The van der Waals surface area contributed by atoms with Crippen LogP contribution in [0.1, 0.15) is 18.4 Å². The van der Waals surface area contributed by atoms with Gasteiger partial charge in [0.1, 0.15) is 5.82 Å². The van der Waals surface area contributed by atoms with Gasteiger partial charge < -0.3 is 10.0 Å². The molecule has 4 rings (SSSR count). The summed E-state index contributed by atoms with van der Waals surface area (Å²) in [5.41, 5.74) is 1.78. The second-order valence-electron chi connectivity index (χ2n) is 4.89. The molecular weight excluding hydrogens is 217 g/mol. The zero-order valence-electron chi connectivity index (χ0n) is 9.64. The van der Waals surface area contributed by atoms with Crippen molar-refractivity contribution in [2.24, 2.45) is 5.92 Å². The van der Waals surface area contributed by atoms with Crippen molar-refractivity contribution in [2.75, 3.05) is 13.1 Å². The molecule has 0 spiro atoms. The lowest BCUT2D eigenvalue weighted by molar-refractivity contribution is 0.0215. The number of benzene rings is 1. The van der Waals surface area contributed by atoms with Crippen LogP contribution in [0.3, 0.4) is 0 Å². The number of fused-ring (bicyclic) bond motifs is 3. The molecular formula is C14H16FNO. The molecule has 2 bridgehead atoms. The Morgan fingerprint density at radius 1 is 1.29 bits per heavy atom. The van der Waals surface area contributed by atoms with Gasteiger partial charge in [-0.1, -0.05) is 12.1 Å². The molecule has 3 aliphatic heterocycles. The van der Waals surface area contributed by atoms with Gasteiger partial charge in [0.25, 0.3) is 0 Å². The Bertz CT molecular complexity index is 445. The number of nitrogens with zero attached hydrogens (tertiary/aromatic N) is 1. The zero-order valence-corrected chi connectivity index (χ0v) is 9.64. The van der Waals surface area contributed by atoms with E-state index in [4.69, 9.17) is 0 Å². The number of hydrogen-bond acceptors (Lipinski definition) is 2. The molecule has 0 radical (unpaired) electrons. The molecule has 17 heavy (non-hydrogen) atoms. The van der Waals surface area contributed by atoms with Crippen molar-refractivity contribution in [3.8, 4) is 0 Å². The highest BCUT2D eigenvalue weighted by molar-refractivity contribution is 5.54. The predicted molar refractivity (Wildman–Crippen MR) is 64.7 cm³/mol. The number of rotatable bonds is 1. The molecule has 0 saturated carbocycles. The van der Waals surface area contributed by atoms with Crippen molar-refractivity contribution in [2.45, 2.75) is 18.9 Å². The molecule has 0 aliphatic carbocycles. The predicted octanol–water partition coefficient (Wildman–Crippen LogP) is 2.25. The Morgan fingerprint density at radius 3 is 2.71 bits per heavy atom. The lowest BCUT2D eigenvalue weighted by Gasteiger charge is -2.45. The molecule has 1 atom stereocenters. The molecule has 2 nitrogen and oxygen atoms in total. The molecule has 3 aliphatic rings. The summed E-state index contributed by atoms with van der Waals surface area (Å²) >= 11 is 0. The van der Waals surface area contributed by atoms with Gasteiger partial charge in [0.2, 0.25) is 0 Å². The minimum absolute atomic E-state index is 0.232. The Kier molecular flexibility index (Phi) is 2.63. The van der Waals surface area contributed by atoms with E-state index in [0.29, 0.717) is 5.92 Å². The summed E-state index contributed by atoms with van der Waals surface area (Å²) in [5.74, 6) is 0.157. The van der Waals surface area contributed by atoms with Crippen LogP contribution in [0, 0.1) is 11.7 Å². The molecule has 0 aromatic heterocycles. The molecule has 3 heterocycles. The second-order valence-corrected chi connectivity index (χ2v) is 4.89. The van der Waals surface area contributed by atoms with Gasteiger partial charge in [0, 0.05) is 18.8 Å². The molecule has 3 saturated heterocycles. The lowest BCUT2D eigenvalue weighted by Crippen LogP contribution is -2.48. The maximum absolute atomic E-state index is 13.1. The topological polar surface area (TPSA) is 23.5 Å². The van der Waals surface area contributed by atoms with Crippen molar-refractivity contribution >= 4 is 6.08 Å². The standard InChI is InChI=1S/C14H16FNO/c15-12-3-1-2-10(8-12)9-13-14(17)11-4-6-16(13)7-5-11/h1-3,8-9,11,14,17H,4-7H2/b13-9-/t14-/m0/s1. The van der Waals surface area contributed by atoms with E-state index in [-0.39, 0.29) is 11.9 Å². The number of piperidine rings is 3. The van der Waals surface area contributed by atoms with E-state index in [9.17, 15) is 9.50 Å². The van der Waals surface area contributed by atoms with E-state index >= 15 is 0 Å². The molecule has 1 N–H and O–H groups in total. The SMILES string of the molecule is O[C@@H]1/C(=C/c2cccc(F)c2)N2CCC1CC2. The molecule has 1 aromatic rings. The smallest absolute Gasteiger partial charge is 0.123 e. The molecule has 0 unspecified atom stereocenters. The average Bonchev–Trinajstić information content (AvgIpc) is 2.34. The molecule has 3 fully saturated rings. The van der Waals surface area contributed by atoms with Crippen LogP contribution in [-0.4, -0.2) is 29.2 Å². The van der Waals surface area contributed by atoms with Crippen molar-refractivity contribution in [3.05, 3.63) is 41.3 Å². The van der Waals surface area contributed by atoms with Gasteiger partial charge in [0.15, 0.2) is 0 Å². The van der Waals surface area contributed by atoms with Crippen LogP contribution in [0.4, 0.5) is 4.39 Å². The van der Waals surface area contributed by atoms with Gasteiger partial charge in [-0.25, -0.2) is 4.39 Å². The number of aliphatic hydroxyl groups is 1. The first-order chi connectivity index (χ1) is 8.24. The largest absolute Gasteiger partial charge is 0.387 e. The fraction of sp³-hybridized carbons (Fsp3) is 0.429. The van der Waals surface area contributed by atoms with E-state index in [1.165, 1.54) is 12.1 Å². The van der Waals surface area contributed by atoms with Crippen LogP contribution in [0.15, 0.2) is 30.0 Å². The molecule has 90 valence electrons. The fourth-order valence-electron chi connectivity index (χ4n) is 2.85. The van der Waals surface area contributed by atoms with Crippen LogP contribution >= 0.6 is 0 Å². The zero-order chi connectivity index (χ0) is 11.8. The fourth-order valence-corrected chi connectivity index (χ4v) is 2.85. The Hall–Kier alpha value is -1.35. The Morgan fingerprint density at radius 2 is 2.06 bits per heavy atom. The summed E-state index contributed by atoms with van der Waals surface area (Å²) in [5, 5.41) is 10.2. The molecule has 1 aromatic carbocycles. The van der Waals surface area contributed by atoms with Gasteiger partial charge in [-0.2, -0.15) is 0 Å². The third-order valence-corrected chi connectivity index (χ3v) is 3.82. The highest BCUT2D eigenvalue weighted by Gasteiger charge is 2.36. The Balaban J connectivity index is 1.93. The average molecular weight is 233 g/mol. The van der Waals surface area contributed by atoms with Crippen LogP contribution in [0.2, 0.25) is 0 Å². The summed E-state index contributed by atoms with van der Waals surface area (Å²) in [6, 6.07) is 6.51. The summed E-state index contributed by atoms with van der Waals surface area (Å²) in [6.45, 7) is 2.03. The monoisotopic (exact) mass is 233 g/mol. The van der Waals surface area contributed by atoms with Gasteiger partial charge >= 0.3 is 0 Å². The van der Waals surface area contributed by atoms with Crippen molar-refractivity contribution in [3.63, 3.8) is 0 Å². The first-order valence-electron chi connectivity index (χ1n) is 6.14. The first-order valence-corrected chi connectivity index (χ1v) is 6.14. The van der Waals surface area contributed by atoms with Crippen molar-refractivity contribution < 1.29 is 9.50 Å². The maximum atomic E-state index is 13.1. The summed E-state index contributed by atoms with van der Waals surface area (Å²) in [6.07, 6.45) is 3.68. The quantitative estimate of drug-likeness (QED) is 0.804. The van der Waals surface area contributed by atoms with E-state index < -0.39 is 0 Å². The highest BCUT2D eigenvalue weighted by Crippen LogP contribution is 2.35. The highest BCUT2D eigenvalue weighted by atomic mass is 19.1. The lowest BCUT2D eigenvalue weighted by atomic mass is 9.83. The van der Waals surface area contributed by atoms with Crippen LogP contribution < -0.4 is 0 Å². The maximum Gasteiger partial charge on any atom is 0.123 e. The van der Waals surface area contributed by atoms with Crippen LogP contribution in [-0.2, 0) is 0 Å². The van der Waals surface area contributed by atoms with Crippen molar-refractivity contribution in [1.29, 1.82) is 0 Å². The summed E-state index contributed by atoms with van der Waals surface area (Å²) < 4.78 is 13.1. The summed E-state index contributed by atoms with van der Waals surface area (Å²) in [7, 11) is 0.